The summed E-state index contributed by atoms with van der Waals surface area (Å²) in [6.45, 7) is 7.69. The molecule has 1 N–H and O–H groups in total. The minimum atomic E-state index is -0.502. The summed E-state index contributed by atoms with van der Waals surface area (Å²) in [4.78, 5) is 22.4. The summed E-state index contributed by atoms with van der Waals surface area (Å²) in [5.74, 6) is -0.643. The van der Waals surface area contributed by atoms with E-state index < -0.39 is 5.60 Å². The molecule has 5 nitrogen and oxygen atoms in total. The van der Waals surface area contributed by atoms with Gasteiger partial charge >= 0.3 is 11.9 Å². The predicted molar refractivity (Wildman–Crippen MR) is 76.7 cm³/mol. The van der Waals surface area contributed by atoms with Gasteiger partial charge in [0.1, 0.15) is 12.2 Å². The number of carbonyl (C=O) groups is 2. The van der Waals surface area contributed by atoms with E-state index in [1.165, 1.54) is 6.92 Å². The van der Waals surface area contributed by atoms with Crippen molar-refractivity contribution in [2.75, 3.05) is 18.5 Å². The van der Waals surface area contributed by atoms with E-state index in [0.717, 1.165) is 5.69 Å². The van der Waals surface area contributed by atoms with Crippen molar-refractivity contribution in [2.24, 2.45) is 0 Å². The van der Waals surface area contributed by atoms with Crippen LogP contribution in [0.4, 0.5) is 5.69 Å². The van der Waals surface area contributed by atoms with E-state index in [1.807, 2.05) is 20.8 Å². The summed E-state index contributed by atoms with van der Waals surface area (Å²) in [7, 11) is 0. The molecule has 0 radical (unpaired) electrons. The maximum atomic E-state index is 11.8. The number of anilines is 1. The second kappa shape index (κ2) is 6.93. The summed E-state index contributed by atoms with van der Waals surface area (Å²) < 4.78 is 10.1. The standard InChI is InChI=1S/C15H21NO4/c1-11(17)19-10-9-16-13-7-5-12(6-8-13)14(18)20-15(2,3)4/h5-8,16H,9-10H2,1-4H3. The number of ether oxygens (including phenoxy) is 2. The average molecular weight is 279 g/mol. The fourth-order valence-corrected chi connectivity index (χ4v) is 1.45. The topological polar surface area (TPSA) is 64.6 Å². The Morgan fingerprint density at radius 2 is 1.75 bits per heavy atom. The lowest BCUT2D eigenvalue weighted by Crippen LogP contribution is -2.23. The summed E-state index contributed by atoms with van der Waals surface area (Å²) in [5.41, 5.74) is 0.854. The Kier molecular flexibility index (Phi) is 5.55. The molecule has 1 aromatic rings. The van der Waals surface area contributed by atoms with Crippen LogP contribution < -0.4 is 5.32 Å². The molecule has 0 fully saturated rings. The SMILES string of the molecule is CC(=O)OCCNc1ccc(C(=O)OC(C)(C)C)cc1. The average Bonchev–Trinajstić information content (AvgIpc) is 2.33. The van der Waals surface area contributed by atoms with E-state index in [1.54, 1.807) is 24.3 Å². The lowest BCUT2D eigenvalue weighted by molar-refractivity contribution is -0.140. The second-order valence-electron chi connectivity index (χ2n) is 5.35. The maximum Gasteiger partial charge on any atom is 0.338 e. The van der Waals surface area contributed by atoms with E-state index in [4.69, 9.17) is 9.47 Å². The van der Waals surface area contributed by atoms with Gasteiger partial charge in [-0.1, -0.05) is 0 Å². The summed E-state index contributed by atoms with van der Waals surface area (Å²) in [6, 6.07) is 6.96. The molecule has 0 aliphatic carbocycles. The fraction of sp³-hybridized carbons (Fsp3) is 0.467. The number of rotatable bonds is 5. The van der Waals surface area contributed by atoms with E-state index in [-0.39, 0.29) is 11.9 Å². The molecule has 0 atom stereocenters. The second-order valence-corrected chi connectivity index (χ2v) is 5.35. The van der Waals surface area contributed by atoms with Crippen LogP contribution in [-0.4, -0.2) is 30.7 Å². The van der Waals surface area contributed by atoms with Gasteiger partial charge in [0, 0.05) is 19.2 Å². The molecule has 110 valence electrons. The molecule has 20 heavy (non-hydrogen) atoms. The monoisotopic (exact) mass is 279 g/mol. The lowest BCUT2D eigenvalue weighted by atomic mass is 10.1. The number of hydrogen-bond acceptors (Lipinski definition) is 5. The molecule has 0 aliphatic rings. The van der Waals surface area contributed by atoms with Crippen molar-refractivity contribution in [3.05, 3.63) is 29.8 Å². The van der Waals surface area contributed by atoms with Gasteiger partial charge in [0.2, 0.25) is 0 Å². The van der Waals surface area contributed by atoms with E-state index in [0.29, 0.717) is 18.7 Å². The first-order chi connectivity index (χ1) is 9.28. The van der Waals surface area contributed by atoms with Crippen molar-refractivity contribution < 1.29 is 19.1 Å². The van der Waals surface area contributed by atoms with Crippen molar-refractivity contribution in [1.29, 1.82) is 0 Å². The number of benzene rings is 1. The summed E-state index contributed by atoms with van der Waals surface area (Å²) >= 11 is 0. The molecule has 0 amide bonds. The zero-order valence-corrected chi connectivity index (χ0v) is 12.4. The molecule has 0 saturated carbocycles. The Balaban J connectivity index is 2.48. The van der Waals surface area contributed by atoms with Gasteiger partial charge in [0.05, 0.1) is 5.56 Å². The Labute approximate surface area is 119 Å². The van der Waals surface area contributed by atoms with Crippen LogP contribution in [0, 0.1) is 0 Å². The van der Waals surface area contributed by atoms with Crippen LogP contribution in [0.5, 0.6) is 0 Å². The van der Waals surface area contributed by atoms with Gasteiger partial charge in [-0.05, 0) is 45.0 Å². The number of carbonyl (C=O) groups excluding carboxylic acids is 2. The third kappa shape index (κ3) is 6.22. The zero-order chi connectivity index (χ0) is 15.2. The molecule has 0 saturated heterocycles. The third-order valence-electron chi connectivity index (χ3n) is 2.26. The molecule has 5 heteroatoms. The molecule has 0 heterocycles. The van der Waals surface area contributed by atoms with Gasteiger partial charge in [-0.3, -0.25) is 4.79 Å². The van der Waals surface area contributed by atoms with Gasteiger partial charge < -0.3 is 14.8 Å². The highest BCUT2D eigenvalue weighted by atomic mass is 16.6. The van der Waals surface area contributed by atoms with E-state index >= 15 is 0 Å². The van der Waals surface area contributed by atoms with Crippen LogP contribution >= 0.6 is 0 Å². The largest absolute Gasteiger partial charge is 0.464 e. The smallest absolute Gasteiger partial charge is 0.338 e. The molecule has 1 aromatic carbocycles. The Hall–Kier alpha value is -2.04. The Bertz CT molecular complexity index is 460. The van der Waals surface area contributed by atoms with E-state index in [2.05, 4.69) is 5.32 Å². The number of esters is 2. The minimum absolute atomic E-state index is 0.299. The van der Waals surface area contributed by atoms with Crippen molar-refractivity contribution in [2.45, 2.75) is 33.3 Å². The van der Waals surface area contributed by atoms with Crippen molar-refractivity contribution in [1.82, 2.24) is 0 Å². The molecule has 0 spiro atoms. The summed E-state index contributed by atoms with van der Waals surface area (Å²) in [5, 5.41) is 3.09. The van der Waals surface area contributed by atoms with Gasteiger partial charge in [0.25, 0.3) is 0 Å². The highest BCUT2D eigenvalue weighted by Gasteiger charge is 2.17. The van der Waals surface area contributed by atoms with Crippen LogP contribution in [0.15, 0.2) is 24.3 Å². The van der Waals surface area contributed by atoms with E-state index in [9.17, 15) is 9.59 Å². The Morgan fingerprint density at radius 1 is 1.15 bits per heavy atom. The molecule has 0 unspecified atom stereocenters. The van der Waals surface area contributed by atoms with Crippen molar-refractivity contribution in [3.63, 3.8) is 0 Å². The van der Waals surface area contributed by atoms with Crippen LogP contribution in [0.3, 0.4) is 0 Å². The van der Waals surface area contributed by atoms with Crippen molar-refractivity contribution >= 4 is 17.6 Å². The molecule has 1 rings (SSSR count). The molecular weight excluding hydrogens is 258 g/mol. The van der Waals surface area contributed by atoms with Gasteiger partial charge in [-0.25, -0.2) is 4.79 Å². The molecule has 0 aliphatic heterocycles. The fourth-order valence-electron chi connectivity index (χ4n) is 1.45. The first-order valence-corrected chi connectivity index (χ1v) is 6.48. The van der Waals surface area contributed by atoms with Gasteiger partial charge in [-0.15, -0.1) is 0 Å². The van der Waals surface area contributed by atoms with Gasteiger partial charge in [0.15, 0.2) is 0 Å². The van der Waals surface area contributed by atoms with Crippen LogP contribution in [-0.2, 0) is 14.3 Å². The first kappa shape index (κ1) is 16.0. The van der Waals surface area contributed by atoms with Crippen LogP contribution in [0.2, 0.25) is 0 Å². The van der Waals surface area contributed by atoms with Crippen LogP contribution in [0.1, 0.15) is 38.1 Å². The predicted octanol–water partition coefficient (Wildman–Crippen LogP) is 2.62. The zero-order valence-electron chi connectivity index (χ0n) is 12.4. The highest BCUT2D eigenvalue weighted by molar-refractivity contribution is 5.90. The molecule has 0 bridgehead atoms. The third-order valence-corrected chi connectivity index (χ3v) is 2.26. The number of hydrogen-bond donors (Lipinski definition) is 1. The maximum absolute atomic E-state index is 11.8. The quantitative estimate of drug-likeness (QED) is 0.663. The Morgan fingerprint density at radius 3 is 2.25 bits per heavy atom. The van der Waals surface area contributed by atoms with Crippen molar-refractivity contribution in [3.8, 4) is 0 Å². The highest BCUT2D eigenvalue weighted by Crippen LogP contribution is 2.14. The first-order valence-electron chi connectivity index (χ1n) is 6.48. The van der Waals surface area contributed by atoms with Gasteiger partial charge in [-0.2, -0.15) is 0 Å². The minimum Gasteiger partial charge on any atom is -0.464 e. The molecule has 0 aromatic heterocycles. The lowest BCUT2D eigenvalue weighted by Gasteiger charge is -2.19. The normalized spacial score (nSPS) is 10.8. The summed E-state index contributed by atoms with van der Waals surface area (Å²) in [6.07, 6.45) is 0. The molecular formula is C15H21NO4. The number of nitrogens with one attached hydrogen (secondary N) is 1. The van der Waals surface area contributed by atoms with Crippen LogP contribution in [0.25, 0.3) is 0 Å².